The Kier molecular flexibility index (Phi) is 6.12. The Bertz CT molecular complexity index is 1020. The normalized spacial score (nSPS) is 11.3. The van der Waals surface area contributed by atoms with Crippen molar-refractivity contribution in [2.24, 2.45) is 7.05 Å². The molecule has 0 fully saturated rings. The molecule has 3 aromatic rings. The summed E-state index contributed by atoms with van der Waals surface area (Å²) in [5.41, 5.74) is -0.819. The highest BCUT2D eigenvalue weighted by molar-refractivity contribution is 7.99. The van der Waals surface area contributed by atoms with Crippen LogP contribution in [0.4, 0.5) is 23.2 Å². The first-order valence-electron chi connectivity index (χ1n) is 8.27. The van der Waals surface area contributed by atoms with Crippen LogP contribution in [0, 0.1) is 5.82 Å². The Labute approximate surface area is 167 Å². The number of aryl methyl sites for hydroxylation is 1. The van der Waals surface area contributed by atoms with E-state index in [-0.39, 0.29) is 5.69 Å². The Balaban J connectivity index is 1.72. The molecule has 0 saturated carbocycles. The first-order valence-corrected chi connectivity index (χ1v) is 9.09. The molecule has 10 heteroatoms. The van der Waals surface area contributed by atoms with Gasteiger partial charge in [-0.05, 0) is 42.1 Å². The van der Waals surface area contributed by atoms with Crippen molar-refractivity contribution in [3.8, 4) is 5.75 Å². The molecule has 0 atom stereocenters. The van der Waals surface area contributed by atoms with Gasteiger partial charge in [0.2, 0.25) is 0 Å². The number of amides is 1. The third kappa shape index (κ3) is 5.29. The number of hydrogen-bond acceptors (Lipinski definition) is 4. The van der Waals surface area contributed by atoms with E-state index in [1.165, 1.54) is 36.0 Å². The smallest absolute Gasteiger partial charge is 0.419 e. The third-order valence-electron chi connectivity index (χ3n) is 3.75. The van der Waals surface area contributed by atoms with Crippen LogP contribution in [0.3, 0.4) is 0 Å². The fourth-order valence-corrected chi connectivity index (χ4v) is 3.26. The molecule has 1 N–H and O–H groups in total. The summed E-state index contributed by atoms with van der Waals surface area (Å²) in [4.78, 5) is 16.9. The molecular formula is C19H15F4N3O2S. The van der Waals surface area contributed by atoms with Gasteiger partial charge in [-0.1, -0.05) is 12.1 Å². The van der Waals surface area contributed by atoms with Crippen molar-refractivity contribution in [2.45, 2.75) is 16.2 Å². The predicted molar refractivity (Wildman–Crippen MR) is 99.3 cm³/mol. The number of hydrogen-bond donors (Lipinski definition) is 1. The van der Waals surface area contributed by atoms with Gasteiger partial charge in [0.15, 0.2) is 11.8 Å². The average molecular weight is 425 g/mol. The van der Waals surface area contributed by atoms with Gasteiger partial charge in [0.1, 0.15) is 11.6 Å². The highest BCUT2D eigenvalue weighted by Gasteiger charge is 2.34. The lowest BCUT2D eigenvalue weighted by atomic mass is 10.2. The van der Waals surface area contributed by atoms with Crippen molar-refractivity contribution in [1.82, 2.24) is 9.55 Å². The van der Waals surface area contributed by atoms with E-state index < -0.39 is 35.8 Å². The number of alkyl halides is 3. The topological polar surface area (TPSA) is 56.2 Å². The van der Waals surface area contributed by atoms with E-state index in [0.29, 0.717) is 10.1 Å². The van der Waals surface area contributed by atoms with Gasteiger partial charge >= 0.3 is 6.18 Å². The summed E-state index contributed by atoms with van der Waals surface area (Å²) in [7, 11) is 1.78. The van der Waals surface area contributed by atoms with Crippen molar-refractivity contribution in [3.05, 3.63) is 66.2 Å². The molecule has 0 saturated heterocycles. The van der Waals surface area contributed by atoms with E-state index in [1.807, 2.05) is 0 Å². The average Bonchev–Trinajstić information content (AvgIpc) is 3.06. The minimum absolute atomic E-state index is 0.163. The van der Waals surface area contributed by atoms with Crippen LogP contribution in [-0.4, -0.2) is 22.1 Å². The molecule has 0 unspecified atom stereocenters. The first kappa shape index (κ1) is 20.7. The molecule has 3 rings (SSSR count). The minimum Gasteiger partial charge on any atom is -0.483 e. The van der Waals surface area contributed by atoms with Crippen molar-refractivity contribution < 1.29 is 27.1 Å². The zero-order valence-electron chi connectivity index (χ0n) is 15.0. The molecule has 29 heavy (non-hydrogen) atoms. The molecule has 152 valence electrons. The highest BCUT2D eigenvalue weighted by atomic mass is 32.2. The van der Waals surface area contributed by atoms with Gasteiger partial charge in [-0.2, -0.15) is 13.2 Å². The van der Waals surface area contributed by atoms with Crippen LogP contribution in [0.15, 0.2) is 64.9 Å². The van der Waals surface area contributed by atoms with E-state index in [9.17, 15) is 22.4 Å². The number of benzene rings is 2. The highest BCUT2D eigenvalue weighted by Crippen LogP contribution is 2.36. The number of carbonyl (C=O) groups excluding carboxylic acids is 1. The Morgan fingerprint density at radius 2 is 2.00 bits per heavy atom. The van der Waals surface area contributed by atoms with Crippen LogP contribution in [0.1, 0.15) is 5.56 Å². The maximum absolute atomic E-state index is 13.7. The largest absolute Gasteiger partial charge is 0.483 e. The fourth-order valence-electron chi connectivity index (χ4n) is 2.39. The van der Waals surface area contributed by atoms with Gasteiger partial charge in [0, 0.05) is 24.3 Å². The quantitative estimate of drug-likeness (QED) is 0.580. The molecule has 1 aromatic heterocycles. The maximum atomic E-state index is 13.7. The standard InChI is InChI=1S/C19H15F4N3O2S/c1-26-9-8-24-18(26)29-16-7-6-12(20)10-14(16)25-17(27)11-28-15-5-3-2-4-13(15)19(21,22)23/h2-10H,11H2,1H3,(H,25,27). The summed E-state index contributed by atoms with van der Waals surface area (Å²) < 4.78 is 59.4. The van der Waals surface area contributed by atoms with E-state index in [2.05, 4.69) is 10.3 Å². The van der Waals surface area contributed by atoms with E-state index >= 15 is 0 Å². The number of anilines is 1. The molecule has 0 aliphatic carbocycles. The van der Waals surface area contributed by atoms with Crippen molar-refractivity contribution >= 4 is 23.4 Å². The van der Waals surface area contributed by atoms with Crippen LogP contribution < -0.4 is 10.1 Å². The summed E-state index contributed by atoms with van der Waals surface area (Å²) in [5, 5.41) is 3.08. The predicted octanol–water partition coefficient (Wildman–Crippen LogP) is 4.75. The molecule has 1 amide bonds. The number of imidazole rings is 1. The number of halogens is 4. The maximum Gasteiger partial charge on any atom is 0.419 e. The number of para-hydroxylation sites is 1. The number of carbonyl (C=O) groups is 1. The van der Waals surface area contributed by atoms with E-state index in [1.54, 1.807) is 24.0 Å². The second kappa shape index (κ2) is 8.56. The zero-order chi connectivity index (χ0) is 21.0. The summed E-state index contributed by atoms with van der Waals surface area (Å²) in [6.45, 7) is -0.671. The number of aromatic nitrogens is 2. The monoisotopic (exact) mass is 425 g/mol. The zero-order valence-corrected chi connectivity index (χ0v) is 15.9. The summed E-state index contributed by atoms with van der Waals surface area (Å²) in [5.74, 6) is -1.76. The lowest BCUT2D eigenvalue weighted by Gasteiger charge is -2.14. The third-order valence-corrected chi connectivity index (χ3v) is 4.90. The molecule has 0 aliphatic heterocycles. The van der Waals surface area contributed by atoms with Gasteiger partial charge in [-0.15, -0.1) is 0 Å². The number of nitrogens with one attached hydrogen (secondary N) is 1. The van der Waals surface area contributed by atoms with Gasteiger partial charge in [-0.25, -0.2) is 9.37 Å². The number of ether oxygens (including phenoxy) is 1. The Morgan fingerprint density at radius 3 is 2.69 bits per heavy atom. The van der Waals surface area contributed by atoms with Gasteiger partial charge in [0.25, 0.3) is 5.91 Å². The van der Waals surface area contributed by atoms with E-state index in [4.69, 9.17) is 4.74 Å². The van der Waals surface area contributed by atoms with Crippen molar-refractivity contribution in [2.75, 3.05) is 11.9 Å². The molecule has 0 spiro atoms. The lowest BCUT2D eigenvalue weighted by molar-refractivity contribution is -0.139. The summed E-state index contributed by atoms with van der Waals surface area (Å²) >= 11 is 1.20. The van der Waals surface area contributed by atoms with Crippen molar-refractivity contribution in [1.29, 1.82) is 0 Å². The van der Waals surface area contributed by atoms with Crippen LogP contribution >= 0.6 is 11.8 Å². The van der Waals surface area contributed by atoms with Crippen LogP contribution in [0.2, 0.25) is 0 Å². The van der Waals surface area contributed by atoms with Crippen LogP contribution in [0.25, 0.3) is 0 Å². The number of rotatable bonds is 6. The van der Waals surface area contributed by atoms with Crippen molar-refractivity contribution in [3.63, 3.8) is 0 Å². The Hall–Kier alpha value is -3.01. The molecule has 0 aliphatic rings. The van der Waals surface area contributed by atoms with Gasteiger partial charge in [-0.3, -0.25) is 4.79 Å². The van der Waals surface area contributed by atoms with Crippen LogP contribution in [-0.2, 0) is 18.0 Å². The first-order chi connectivity index (χ1) is 13.7. The molecule has 1 heterocycles. The molecule has 5 nitrogen and oxygen atoms in total. The summed E-state index contributed by atoms with van der Waals surface area (Å²) in [6, 6.07) is 8.41. The second-order valence-electron chi connectivity index (χ2n) is 5.89. The minimum atomic E-state index is -4.61. The summed E-state index contributed by atoms with van der Waals surface area (Å²) in [6.07, 6.45) is -1.28. The lowest BCUT2D eigenvalue weighted by Crippen LogP contribution is -2.21. The molecule has 0 radical (unpaired) electrons. The van der Waals surface area contributed by atoms with Gasteiger partial charge < -0.3 is 14.6 Å². The fraction of sp³-hybridized carbons (Fsp3) is 0.158. The molecule has 0 bridgehead atoms. The molecular weight excluding hydrogens is 410 g/mol. The van der Waals surface area contributed by atoms with Crippen LogP contribution in [0.5, 0.6) is 5.75 Å². The SMILES string of the molecule is Cn1ccnc1Sc1ccc(F)cc1NC(=O)COc1ccccc1C(F)(F)F. The van der Waals surface area contributed by atoms with Gasteiger partial charge in [0.05, 0.1) is 11.3 Å². The number of nitrogens with zero attached hydrogens (tertiary/aromatic N) is 2. The Morgan fingerprint density at radius 1 is 1.24 bits per heavy atom. The second-order valence-corrected chi connectivity index (χ2v) is 6.90. The van der Waals surface area contributed by atoms with E-state index in [0.717, 1.165) is 18.2 Å². The molecule has 2 aromatic carbocycles.